The van der Waals surface area contributed by atoms with E-state index in [0.717, 1.165) is 17.2 Å². The molecule has 6 nitrogen and oxygen atoms in total. The fourth-order valence-electron chi connectivity index (χ4n) is 2.65. The average Bonchev–Trinajstić information content (AvgIpc) is 2.71. The minimum absolute atomic E-state index is 0.139. The number of benzene rings is 3. The van der Waals surface area contributed by atoms with E-state index < -0.39 is 6.04 Å². The summed E-state index contributed by atoms with van der Waals surface area (Å²) >= 11 is 0. The van der Waals surface area contributed by atoms with Gasteiger partial charge in [0.25, 0.3) is 0 Å². The molecule has 0 bridgehead atoms. The van der Waals surface area contributed by atoms with Crippen molar-refractivity contribution < 1.29 is 14.3 Å². The van der Waals surface area contributed by atoms with E-state index in [-0.39, 0.29) is 11.8 Å². The lowest BCUT2D eigenvalue weighted by Crippen LogP contribution is -2.31. The normalized spacial score (nSPS) is 11.2. The molecule has 0 heterocycles. The molecule has 3 N–H and O–H groups in total. The maximum atomic E-state index is 12.4. The lowest BCUT2D eigenvalue weighted by atomic mass is 10.2. The van der Waals surface area contributed by atoms with Gasteiger partial charge in [-0.1, -0.05) is 18.2 Å². The molecule has 0 unspecified atom stereocenters. The van der Waals surface area contributed by atoms with Gasteiger partial charge in [0.2, 0.25) is 11.8 Å². The molecule has 3 aromatic rings. The molecule has 0 saturated carbocycles. The van der Waals surface area contributed by atoms with E-state index in [0.29, 0.717) is 11.4 Å². The molecule has 0 radical (unpaired) electrons. The van der Waals surface area contributed by atoms with Gasteiger partial charge in [-0.25, -0.2) is 0 Å². The zero-order valence-electron chi connectivity index (χ0n) is 16.3. The predicted molar refractivity (Wildman–Crippen MR) is 115 cm³/mol. The summed E-state index contributed by atoms with van der Waals surface area (Å²) in [5.74, 6) is 1.19. The number of rotatable bonds is 7. The van der Waals surface area contributed by atoms with E-state index >= 15 is 0 Å². The van der Waals surface area contributed by atoms with Crippen LogP contribution in [0.2, 0.25) is 0 Å². The first-order chi connectivity index (χ1) is 14.0. The van der Waals surface area contributed by atoms with Crippen molar-refractivity contribution in [3.05, 3.63) is 78.9 Å². The van der Waals surface area contributed by atoms with Crippen LogP contribution in [0.5, 0.6) is 11.5 Å². The van der Waals surface area contributed by atoms with Crippen molar-refractivity contribution in [2.24, 2.45) is 0 Å². The van der Waals surface area contributed by atoms with Crippen LogP contribution in [0.3, 0.4) is 0 Å². The van der Waals surface area contributed by atoms with Gasteiger partial charge in [-0.05, 0) is 67.6 Å². The number of carbonyl (C=O) groups is 2. The Bertz CT molecular complexity index is 955. The molecule has 3 rings (SSSR count). The number of nitrogens with one attached hydrogen (secondary N) is 3. The SMILES string of the molecule is CC(=O)Nc1ccc(NC(=O)[C@H](C)Nc2ccc(Oc3ccccc3)cc2)cc1. The van der Waals surface area contributed by atoms with Crippen molar-refractivity contribution in [2.45, 2.75) is 19.9 Å². The van der Waals surface area contributed by atoms with Gasteiger partial charge in [0.15, 0.2) is 0 Å². The summed E-state index contributed by atoms with van der Waals surface area (Å²) in [6, 6.07) is 23.5. The number of ether oxygens (including phenoxy) is 1. The highest BCUT2D eigenvalue weighted by atomic mass is 16.5. The standard InChI is InChI=1S/C23H23N3O3/c1-16(23(28)26-20-10-8-19(9-11-20)25-17(2)27)24-18-12-14-22(15-13-18)29-21-6-4-3-5-7-21/h3-16,24H,1-2H3,(H,25,27)(H,26,28)/t16-/m0/s1. The number of carbonyl (C=O) groups excluding carboxylic acids is 2. The maximum Gasteiger partial charge on any atom is 0.246 e. The zero-order valence-corrected chi connectivity index (χ0v) is 16.3. The van der Waals surface area contributed by atoms with E-state index in [1.165, 1.54) is 6.92 Å². The second-order valence-corrected chi connectivity index (χ2v) is 6.55. The van der Waals surface area contributed by atoms with E-state index in [2.05, 4.69) is 16.0 Å². The molecular formula is C23H23N3O3. The number of amides is 2. The molecule has 0 fully saturated rings. The third-order valence-electron chi connectivity index (χ3n) is 4.08. The maximum absolute atomic E-state index is 12.4. The van der Waals surface area contributed by atoms with Crippen LogP contribution in [-0.2, 0) is 9.59 Å². The molecule has 2 amide bonds. The summed E-state index contributed by atoms with van der Waals surface area (Å²) in [5.41, 5.74) is 2.15. The summed E-state index contributed by atoms with van der Waals surface area (Å²) in [6.07, 6.45) is 0. The second kappa shape index (κ2) is 9.41. The second-order valence-electron chi connectivity index (χ2n) is 6.55. The Morgan fingerprint density at radius 1 is 0.724 bits per heavy atom. The molecule has 0 saturated heterocycles. The lowest BCUT2D eigenvalue weighted by molar-refractivity contribution is -0.116. The van der Waals surface area contributed by atoms with Gasteiger partial charge in [0.05, 0.1) is 0 Å². The highest BCUT2D eigenvalue weighted by molar-refractivity contribution is 5.96. The molecule has 0 aliphatic rings. The van der Waals surface area contributed by atoms with Gasteiger partial charge < -0.3 is 20.7 Å². The Labute approximate surface area is 169 Å². The first-order valence-corrected chi connectivity index (χ1v) is 9.27. The third-order valence-corrected chi connectivity index (χ3v) is 4.08. The quantitative estimate of drug-likeness (QED) is 0.538. The topological polar surface area (TPSA) is 79.5 Å². The zero-order chi connectivity index (χ0) is 20.6. The molecule has 6 heteroatoms. The minimum atomic E-state index is -0.439. The fraction of sp³-hybridized carbons (Fsp3) is 0.130. The average molecular weight is 389 g/mol. The van der Waals surface area contributed by atoms with E-state index in [1.54, 1.807) is 31.2 Å². The molecule has 0 aliphatic heterocycles. The monoisotopic (exact) mass is 389 g/mol. The van der Waals surface area contributed by atoms with Crippen LogP contribution in [-0.4, -0.2) is 17.9 Å². The van der Waals surface area contributed by atoms with Crippen molar-refractivity contribution in [3.63, 3.8) is 0 Å². The van der Waals surface area contributed by atoms with Gasteiger partial charge in [-0.2, -0.15) is 0 Å². The van der Waals surface area contributed by atoms with Gasteiger partial charge in [-0.3, -0.25) is 9.59 Å². The number of anilines is 3. The van der Waals surface area contributed by atoms with Crippen LogP contribution in [0.4, 0.5) is 17.1 Å². The molecule has 0 spiro atoms. The Morgan fingerprint density at radius 3 is 1.83 bits per heavy atom. The number of hydrogen-bond donors (Lipinski definition) is 3. The number of para-hydroxylation sites is 1. The summed E-state index contributed by atoms with van der Waals surface area (Å²) in [7, 11) is 0. The Kier molecular flexibility index (Phi) is 6.47. The lowest BCUT2D eigenvalue weighted by Gasteiger charge is -2.16. The summed E-state index contributed by atoms with van der Waals surface area (Å²) in [5, 5.41) is 8.70. The number of hydrogen-bond acceptors (Lipinski definition) is 4. The van der Waals surface area contributed by atoms with Crippen molar-refractivity contribution in [3.8, 4) is 11.5 Å². The molecule has 29 heavy (non-hydrogen) atoms. The third kappa shape index (κ3) is 6.10. The van der Waals surface area contributed by atoms with Gasteiger partial charge in [0, 0.05) is 24.0 Å². The van der Waals surface area contributed by atoms with E-state index in [4.69, 9.17) is 4.74 Å². The minimum Gasteiger partial charge on any atom is -0.457 e. The Hall–Kier alpha value is -3.80. The van der Waals surface area contributed by atoms with Crippen LogP contribution in [0.1, 0.15) is 13.8 Å². The van der Waals surface area contributed by atoms with Crippen molar-refractivity contribution in [1.29, 1.82) is 0 Å². The highest BCUT2D eigenvalue weighted by Crippen LogP contribution is 2.23. The first-order valence-electron chi connectivity index (χ1n) is 9.27. The van der Waals surface area contributed by atoms with Crippen LogP contribution in [0, 0.1) is 0 Å². The van der Waals surface area contributed by atoms with Gasteiger partial charge in [-0.15, -0.1) is 0 Å². The van der Waals surface area contributed by atoms with Gasteiger partial charge >= 0.3 is 0 Å². The Morgan fingerprint density at radius 2 is 1.24 bits per heavy atom. The first kappa shape index (κ1) is 19.9. The summed E-state index contributed by atoms with van der Waals surface area (Å²) in [4.78, 5) is 23.5. The summed E-state index contributed by atoms with van der Waals surface area (Å²) in [6.45, 7) is 3.23. The molecule has 0 aliphatic carbocycles. The Balaban J connectivity index is 1.53. The highest BCUT2D eigenvalue weighted by Gasteiger charge is 2.13. The molecule has 3 aromatic carbocycles. The fourth-order valence-corrected chi connectivity index (χ4v) is 2.65. The van der Waals surface area contributed by atoms with Crippen molar-refractivity contribution >= 4 is 28.9 Å². The van der Waals surface area contributed by atoms with Crippen LogP contribution in [0.25, 0.3) is 0 Å². The van der Waals surface area contributed by atoms with Crippen LogP contribution >= 0.6 is 0 Å². The van der Waals surface area contributed by atoms with Crippen LogP contribution in [0.15, 0.2) is 78.9 Å². The smallest absolute Gasteiger partial charge is 0.246 e. The molecule has 0 aromatic heterocycles. The molecule has 148 valence electrons. The van der Waals surface area contributed by atoms with E-state index in [9.17, 15) is 9.59 Å². The van der Waals surface area contributed by atoms with Crippen molar-refractivity contribution in [2.75, 3.05) is 16.0 Å². The van der Waals surface area contributed by atoms with Gasteiger partial charge in [0.1, 0.15) is 17.5 Å². The predicted octanol–water partition coefficient (Wildman–Crippen LogP) is 4.88. The molecular weight excluding hydrogens is 366 g/mol. The van der Waals surface area contributed by atoms with E-state index in [1.807, 2.05) is 54.6 Å². The largest absolute Gasteiger partial charge is 0.457 e. The van der Waals surface area contributed by atoms with Crippen LogP contribution < -0.4 is 20.7 Å². The van der Waals surface area contributed by atoms with Crippen molar-refractivity contribution in [1.82, 2.24) is 0 Å². The summed E-state index contributed by atoms with van der Waals surface area (Å²) < 4.78 is 5.77. The molecule has 1 atom stereocenters.